The molecule has 0 saturated carbocycles. The molecular weight excluding hydrogens is 208 g/mol. The maximum atomic E-state index is 10.3. The molecule has 78 valence electrons. The van der Waals surface area contributed by atoms with Gasteiger partial charge in [-0.25, -0.2) is 9.78 Å². The van der Waals surface area contributed by atoms with Gasteiger partial charge in [-0.3, -0.25) is 0 Å². The van der Waals surface area contributed by atoms with Gasteiger partial charge in [0, 0.05) is 12.2 Å². The van der Waals surface area contributed by atoms with Crippen molar-refractivity contribution in [3.63, 3.8) is 0 Å². The molecule has 0 spiro atoms. The molecule has 0 radical (unpaired) electrons. The molecule has 0 bridgehead atoms. The van der Waals surface area contributed by atoms with E-state index >= 15 is 0 Å². The Balaban J connectivity index is 2.53. The molecule has 0 saturated heterocycles. The molecule has 0 atom stereocenters. The Morgan fingerprint density at radius 3 is 3.06 bits per heavy atom. The van der Waals surface area contributed by atoms with Crippen molar-refractivity contribution in [2.75, 3.05) is 0 Å². The molecule has 0 aliphatic heterocycles. The van der Waals surface area contributed by atoms with Gasteiger partial charge in [-0.15, -0.1) is 0 Å². The minimum absolute atomic E-state index is 0.167. The summed E-state index contributed by atoms with van der Waals surface area (Å²) in [5, 5.41) is 17.3. The lowest BCUT2D eigenvalue weighted by Gasteiger charge is -1.87. The summed E-state index contributed by atoms with van der Waals surface area (Å²) in [6.07, 6.45) is 2.17. The summed E-state index contributed by atoms with van der Waals surface area (Å²) in [7, 11) is 0. The fourth-order valence-electron chi connectivity index (χ4n) is 1.27. The van der Waals surface area contributed by atoms with Crippen LogP contribution in [0.15, 0.2) is 28.7 Å². The van der Waals surface area contributed by atoms with Crippen LogP contribution < -0.4 is 0 Å². The van der Waals surface area contributed by atoms with Gasteiger partial charge in [0.2, 0.25) is 5.89 Å². The summed E-state index contributed by atoms with van der Waals surface area (Å²) in [5.41, 5.74) is 1.28. The van der Waals surface area contributed by atoms with Crippen LogP contribution >= 0.6 is 0 Å². The highest BCUT2D eigenvalue weighted by Crippen LogP contribution is 2.19. The van der Waals surface area contributed by atoms with Crippen LogP contribution in [-0.4, -0.2) is 16.1 Å². The lowest BCUT2D eigenvalue weighted by atomic mass is 10.2. The van der Waals surface area contributed by atoms with E-state index in [1.807, 2.05) is 6.07 Å². The van der Waals surface area contributed by atoms with Crippen molar-refractivity contribution in [2.24, 2.45) is 0 Å². The number of carboxylic acid groups (broad SMARTS) is 1. The Hall–Kier alpha value is -2.61. The molecule has 5 nitrogen and oxygen atoms in total. The highest BCUT2D eigenvalue weighted by atomic mass is 16.4. The standard InChI is InChI=1S/C11H6N2O3/c12-6-7-2-1-3-8-11(7)16-9(13-8)4-5-10(14)15/h1-5H,(H,14,15)/b5-4+. The minimum Gasteiger partial charge on any atom is -0.478 e. The number of carbonyl (C=O) groups is 1. The predicted molar refractivity (Wildman–Crippen MR) is 55.4 cm³/mol. The molecule has 2 aromatic rings. The van der Waals surface area contributed by atoms with Crippen molar-refractivity contribution in [1.29, 1.82) is 5.26 Å². The van der Waals surface area contributed by atoms with E-state index < -0.39 is 5.97 Å². The van der Waals surface area contributed by atoms with Gasteiger partial charge >= 0.3 is 5.97 Å². The van der Waals surface area contributed by atoms with Crippen LogP contribution in [0.3, 0.4) is 0 Å². The van der Waals surface area contributed by atoms with Crippen molar-refractivity contribution >= 4 is 23.1 Å². The Bertz CT molecular complexity index is 620. The smallest absolute Gasteiger partial charge is 0.328 e. The third-order valence-corrected chi connectivity index (χ3v) is 1.92. The fraction of sp³-hybridized carbons (Fsp3) is 0. The first-order chi connectivity index (χ1) is 7.70. The van der Waals surface area contributed by atoms with Gasteiger partial charge in [0.1, 0.15) is 11.6 Å². The number of carboxylic acids is 1. The first-order valence-corrected chi connectivity index (χ1v) is 4.41. The molecule has 1 aromatic heterocycles. The van der Waals surface area contributed by atoms with Crippen LogP contribution in [0.25, 0.3) is 17.2 Å². The molecule has 2 rings (SSSR count). The molecule has 16 heavy (non-hydrogen) atoms. The third kappa shape index (κ3) is 1.77. The zero-order valence-electron chi connectivity index (χ0n) is 8.04. The van der Waals surface area contributed by atoms with Gasteiger partial charge < -0.3 is 9.52 Å². The molecular formula is C11H6N2O3. The van der Waals surface area contributed by atoms with Crippen LogP contribution in [0.1, 0.15) is 11.5 Å². The van der Waals surface area contributed by atoms with Crippen LogP contribution in [0.4, 0.5) is 0 Å². The molecule has 5 heteroatoms. The lowest BCUT2D eigenvalue weighted by Crippen LogP contribution is -1.85. The molecule has 0 aliphatic rings. The molecule has 0 fully saturated rings. The Kier molecular flexibility index (Phi) is 2.40. The van der Waals surface area contributed by atoms with E-state index in [9.17, 15) is 4.79 Å². The number of aromatic nitrogens is 1. The van der Waals surface area contributed by atoms with E-state index in [1.54, 1.807) is 18.2 Å². The van der Waals surface area contributed by atoms with E-state index in [0.717, 1.165) is 6.08 Å². The van der Waals surface area contributed by atoms with Crippen molar-refractivity contribution in [1.82, 2.24) is 4.98 Å². The highest BCUT2D eigenvalue weighted by molar-refractivity contribution is 5.85. The summed E-state index contributed by atoms with van der Waals surface area (Å²) in [6, 6.07) is 6.96. The number of nitriles is 1. The van der Waals surface area contributed by atoms with Gasteiger partial charge in [-0.1, -0.05) is 6.07 Å². The van der Waals surface area contributed by atoms with Gasteiger partial charge in [-0.05, 0) is 12.1 Å². The van der Waals surface area contributed by atoms with Crippen molar-refractivity contribution in [3.8, 4) is 6.07 Å². The van der Waals surface area contributed by atoms with Crippen LogP contribution in [0.5, 0.6) is 0 Å². The maximum absolute atomic E-state index is 10.3. The second kappa shape index (κ2) is 3.87. The number of hydrogen-bond acceptors (Lipinski definition) is 4. The zero-order valence-corrected chi connectivity index (χ0v) is 8.04. The van der Waals surface area contributed by atoms with Crippen molar-refractivity contribution < 1.29 is 14.3 Å². The van der Waals surface area contributed by atoms with Gasteiger partial charge in [0.05, 0.1) is 5.56 Å². The van der Waals surface area contributed by atoms with E-state index in [2.05, 4.69) is 4.98 Å². The topological polar surface area (TPSA) is 87.1 Å². The number of rotatable bonds is 2. The average Bonchev–Trinajstić information content (AvgIpc) is 2.68. The number of hydrogen-bond donors (Lipinski definition) is 1. The second-order valence-electron chi connectivity index (χ2n) is 2.99. The third-order valence-electron chi connectivity index (χ3n) is 1.92. The van der Waals surface area contributed by atoms with Crippen LogP contribution in [-0.2, 0) is 4.79 Å². The summed E-state index contributed by atoms with van der Waals surface area (Å²) in [5.74, 6) is -0.914. The molecule has 0 aliphatic carbocycles. The van der Waals surface area contributed by atoms with Crippen LogP contribution in [0.2, 0.25) is 0 Å². The summed E-state index contributed by atoms with van der Waals surface area (Å²) in [4.78, 5) is 14.3. The minimum atomic E-state index is -1.08. The molecule has 1 aromatic carbocycles. The lowest BCUT2D eigenvalue weighted by molar-refractivity contribution is -0.131. The van der Waals surface area contributed by atoms with Gasteiger partial charge in [0.15, 0.2) is 5.58 Å². The van der Waals surface area contributed by atoms with Crippen molar-refractivity contribution in [2.45, 2.75) is 0 Å². The van der Waals surface area contributed by atoms with E-state index in [-0.39, 0.29) is 5.89 Å². The molecule has 0 unspecified atom stereocenters. The largest absolute Gasteiger partial charge is 0.478 e. The number of para-hydroxylation sites is 1. The first kappa shape index (κ1) is 9.93. The molecule has 0 amide bonds. The van der Waals surface area contributed by atoms with E-state index in [0.29, 0.717) is 16.7 Å². The number of oxazole rings is 1. The number of benzene rings is 1. The second-order valence-corrected chi connectivity index (χ2v) is 2.99. The van der Waals surface area contributed by atoms with Crippen molar-refractivity contribution in [3.05, 3.63) is 35.7 Å². The predicted octanol–water partition coefficient (Wildman–Crippen LogP) is 1.80. The van der Waals surface area contributed by atoms with Gasteiger partial charge in [-0.2, -0.15) is 5.26 Å². The molecule has 1 heterocycles. The monoisotopic (exact) mass is 214 g/mol. The first-order valence-electron chi connectivity index (χ1n) is 4.41. The summed E-state index contributed by atoms with van der Waals surface area (Å²) < 4.78 is 5.26. The Morgan fingerprint density at radius 2 is 2.38 bits per heavy atom. The highest BCUT2D eigenvalue weighted by Gasteiger charge is 2.07. The number of nitrogens with zero attached hydrogens (tertiary/aromatic N) is 2. The Morgan fingerprint density at radius 1 is 1.56 bits per heavy atom. The number of aliphatic carboxylic acids is 1. The Labute approximate surface area is 90.2 Å². The zero-order chi connectivity index (χ0) is 11.5. The average molecular weight is 214 g/mol. The quantitative estimate of drug-likeness (QED) is 0.770. The van der Waals surface area contributed by atoms with E-state index in [1.165, 1.54) is 6.08 Å². The maximum Gasteiger partial charge on any atom is 0.328 e. The van der Waals surface area contributed by atoms with Crippen LogP contribution in [0, 0.1) is 11.3 Å². The van der Waals surface area contributed by atoms with Gasteiger partial charge in [0.25, 0.3) is 0 Å². The summed E-state index contributed by atoms with van der Waals surface area (Å²) in [6.45, 7) is 0. The molecule has 1 N–H and O–H groups in total. The normalized spacial score (nSPS) is 10.7. The van der Waals surface area contributed by atoms with E-state index in [4.69, 9.17) is 14.8 Å². The number of fused-ring (bicyclic) bond motifs is 1. The fourth-order valence-corrected chi connectivity index (χ4v) is 1.27. The summed E-state index contributed by atoms with van der Waals surface area (Å²) >= 11 is 0. The SMILES string of the molecule is N#Cc1cccc2nc(/C=C/C(=O)O)oc12.